The minimum atomic E-state index is 0.279. The lowest BCUT2D eigenvalue weighted by atomic mass is 10.00. The maximum absolute atomic E-state index is 9.04. The van der Waals surface area contributed by atoms with Crippen molar-refractivity contribution in [3.05, 3.63) is 17.3 Å². The Kier molecular flexibility index (Phi) is 3.94. The summed E-state index contributed by atoms with van der Waals surface area (Å²) >= 11 is 0. The third-order valence-corrected chi connectivity index (χ3v) is 3.72. The molecular formula is C13H21N3O. The molecule has 0 spiro atoms. The van der Waals surface area contributed by atoms with E-state index in [1.165, 1.54) is 24.8 Å². The van der Waals surface area contributed by atoms with Crippen LogP contribution >= 0.6 is 0 Å². The van der Waals surface area contributed by atoms with Crippen molar-refractivity contribution < 1.29 is 5.11 Å². The van der Waals surface area contributed by atoms with Gasteiger partial charge in [0.25, 0.3) is 0 Å². The van der Waals surface area contributed by atoms with E-state index >= 15 is 0 Å². The zero-order chi connectivity index (χ0) is 12.3. The fourth-order valence-electron chi connectivity index (χ4n) is 2.54. The SMILES string of the molecule is Cc1cc(NC2CCCC2CCO)nnc1C. The molecule has 94 valence electrons. The van der Waals surface area contributed by atoms with Gasteiger partial charge < -0.3 is 10.4 Å². The zero-order valence-corrected chi connectivity index (χ0v) is 10.6. The van der Waals surface area contributed by atoms with Crippen molar-refractivity contribution in [3.63, 3.8) is 0 Å². The highest BCUT2D eigenvalue weighted by molar-refractivity contribution is 5.38. The van der Waals surface area contributed by atoms with E-state index in [9.17, 15) is 0 Å². The second kappa shape index (κ2) is 5.45. The van der Waals surface area contributed by atoms with Crippen LogP contribution < -0.4 is 5.32 Å². The zero-order valence-electron chi connectivity index (χ0n) is 10.6. The Balaban J connectivity index is 2.02. The first-order valence-corrected chi connectivity index (χ1v) is 6.39. The Labute approximate surface area is 102 Å². The summed E-state index contributed by atoms with van der Waals surface area (Å²) in [5.74, 6) is 1.44. The molecule has 1 aliphatic rings. The largest absolute Gasteiger partial charge is 0.396 e. The number of aromatic nitrogens is 2. The van der Waals surface area contributed by atoms with Crippen LogP contribution in [-0.2, 0) is 0 Å². The van der Waals surface area contributed by atoms with Crippen molar-refractivity contribution in [1.82, 2.24) is 10.2 Å². The van der Waals surface area contributed by atoms with Gasteiger partial charge in [0, 0.05) is 12.6 Å². The van der Waals surface area contributed by atoms with Gasteiger partial charge in [-0.25, -0.2) is 0 Å². The summed E-state index contributed by atoms with van der Waals surface area (Å²) in [5.41, 5.74) is 2.15. The first-order valence-electron chi connectivity index (χ1n) is 6.39. The summed E-state index contributed by atoms with van der Waals surface area (Å²) in [5, 5.41) is 20.8. The van der Waals surface area contributed by atoms with Gasteiger partial charge in [-0.3, -0.25) is 0 Å². The van der Waals surface area contributed by atoms with Crippen LogP contribution in [0.3, 0.4) is 0 Å². The molecule has 2 unspecified atom stereocenters. The normalized spacial score (nSPS) is 23.9. The van der Waals surface area contributed by atoms with Crippen molar-refractivity contribution in [2.24, 2.45) is 5.92 Å². The third kappa shape index (κ3) is 2.94. The van der Waals surface area contributed by atoms with Gasteiger partial charge in [0.05, 0.1) is 5.69 Å². The second-order valence-electron chi connectivity index (χ2n) is 4.95. The molecule has 1 aromatic rings. The molecule has 2 atom stereocenters. The van der Waals surface area contributed by atoms with Crippen LogP contribution in [0.15, 0.2) is 6.07 Å². The smallest absolute Gasteiger partial charge is 0.149 e. The molecule has 1 heterocycles. The molecule has 1 saturated carbocycles. The first-order chi connectivity index (χ1) is 8.20. The van der Waals surface area contributed by atoms with E-state index in [0.717, 1.165) is 17.9 Å². The molecule has 17 heavy (non-hydrogen) atoms. The van der Waals surface area contributed by atoms with E-state index in [1.807, 2.05) is 6.92 Å². The van der Waals surface area contributed by atoms with Crippen LogP contribution in [0, 0.1) is 19.8 Å². The number of aliphatic hydroxyl groups excluding tert-OH is 1. The lowest BCUT2D eigenvalue weighted by Crippen LogP contribution is -2.25. The number of aliphatic hydroxyl groups is 1. The van der Waals surface area contributed by atoms with Gasteiger partial charge in [0.2, 0.25) is 0 Å². The number of hydrogen-bond donors (Lipinski definition) is 2. The summed E-state index contributed by atoms with van der Waals surface area (Å²) in [6.07, 6.45) is 4.49. The summed E-state index contributed by atoms with van der Waals surface area (Å²) in [6, 6.07) is 2.50. The first kappa shape index (κ1) is 12.3. The van der Waals surface area contributed by atoms with Crippen LogP contribution in [-0.4, -0.2) is 28.0 Å². The Morgan fingerprint density at radius 3 is 2.88 bits per heavy atom. The molecule has 4 heteroatoms. The monoisotopic (exact) mass is 235 g/mol. The Hall–Kier alpha value is -1.16. The van der Waals surface area contributed by atoms with Crippen LogP contribution in [0.2, 0.25) is 0 Å². The third-order valence-electron chi connectivity index (χ3n) is 3.72. The van der Waals surface area contributed by atoms with Gasteiger partial charge in [-0.05, 0) is 50.7 Å². The molecule has 0 amide bonds. The Morgan fingerprint density at radius 2 is 2.18 bits per heavy atom. The average Bonchev–Trinajstić information content (AvgIpc) is 2.72. The molecule has 0 radical (unpaired) electrons. The molecule has 4 nitrogen and oxygen atoms in total. The number of anilines is 1. The molecule has 0 bridgehead atoms. The van der Waals surface area contributed by atoms with E-state index in [4.69, 9.17) is 5.11 Å². The fraction of sp³-hybridized carbons (Fsp3) is 0.692. The minimum Gasteiger partial charge on any atom is -0.396 e. The second-order valence-corrected chi connectivity index (χ2v) is 4.95. The van der Waals surface area contributed by atoms with Gasteiger partial charge in [0.15, 0.2) is 0 Å². The van der Waals surface area contributed by atoms with E-state index in [2.05, 4.69) is 28.5 Å². The number of hydrogen-bond acceptors (Lipinski definition) is 4. The fourth-order valence-corrected chi connectivity index (χ4v) is 2.54. The molecule has 0 saturated heterocycles. The predicted octanol–water partition coefficient (Wildman–Crippen LogP) is 2.06. The summed E-state index contributed by atoms with van der Waals surface area (Å²) in [4.78, 5) is 0. The number of aryl methyl sites for hydroxylation is 2. The van der Waals surface area contributed by atoms with Crippen molar-refractivity contribution >= 4 is 5.82 Å². The summed E-state index contributed by atoms with van der Waals surface area (Å²) in [7, 11) is 0. The van der Waals surface area contributed by atoms with Crippen molar-refractivity contribution in [2.45, 2.75) is 45.6 Å². The number of nitrogens with one attached hydrogen (secondary N) is 1. The van der Waals surface area contributed by atoms with E-state index in [-0.39, 0.29) is 6.61 Å². The highest BCUT2D eigenvalue weighted by Crippen LogP contribution is 2.30. The molecule has 2 N–H and O–H groups in total. The molecule has 0 aromatic carbocycles. The van der Waals surface area contributed by atoms with Gasteiger partial charge in [-0.1, -0.05) is 6.42 Å². The van der Waals surface area contributed by atoms with Gasteiger partial charge in [0.1, 0.15) is 5.82 Å². The summed E-state index contributed by atoms with van der Waals surface area (Å²) < 4.78 is 0. The maximum Gasteiger partial charge on any atom is 0.149 e. The van der Waals surface area contributed by atoms with E-state index in [1.54, 1.807) is 0 Å². The predicted molar refractivity (Wildman–Crippen MR) is 68.0 cm³/mol. The van der Waals surface area contributed by atoms with Crippen LogP contribution in [0.5, 0.6) is 0 Å². The Bertz CT molecular complexity index is 381. The van der Waals surface area contributed by atoms with E-state index in [0.29, 0.717) is 12.0 Å². The molecular weight excluding hydrogens is 214 g/mol. The molecule has 2 rings (SSSR count). The molecule has 0 aliphatic heterocycles. The molecule has 1 fully saturated rings. The maximum atomic E-state index is 9.04. The summed E-state index contributed by atoms with van der Waals surface area (Å²) in [6.45, 7) is 4.30. The van der Waals surface area contributed by atoms with Crippen LogP contribution in [0.4, 0.5) is 5.82 Å². The topological polar surface area (TPSA) is 58.0 Å². The van der Waals surface area contributed by atoms with E-state index < -0.39 is 0 Å². The van der Waals surface area contributed by atoms with Crippen LogP contribution in [0.1, 0.15) is 36.9 Å². The molecule has 1 aromatic heterocycles. The van der Waals surface area contributed by atoms with Crippen molar-refractivity contribution in [3.8, 4) is 0 Å². The van der Waals surface area contributed by atoms with Gasteiger partial charge in [-0.2, -0.15) is 5.10 Å². The van der Waals surface area contributed by atoms with Gasteiger partial charge in [-0.15, -0.1) is 5.10 Å². The number of rotatable bonds is 4. The van der Waals surface area contributed by atoms with Crippen LogP contribution in [0.25, 0.3) is 0 Å². The quantitative estimate of drug-likeness (QED) is 0.838. The lowest BCUT2D eigenvalue weighted by molar-refractivity contribution is 0.254. The van der Waals surface area contributed by atoms with Gasteiger partial charge >= 0.3 is 0 Å². The average molecular weight is 235 g/mol. The lowest BCUT2D eigenvalue weighted by Gasteiger charge is -2.20. The number of nitrogens with zero attached hydrogens (tertiary/aromatic N) is 2. The Morgan fingerprint density at radius 1 is 1.35 bits per heavy atom. The van der Waals surface area contributed by atoms with Crippen molar-refractivity contribution in [1.29, 1.82) is 0 Å². The molecule has 1 aliphatic carbocycles. The standard InChI is InChI=1S/C13H21N3O/c1-9-8-13(16-15-10(9)2)14-12-5-3-4-11(12)6-7-17/h8,11-12,17H,3-7H2,1-2H3,(H,14,16). The highest BCUT2D eigenvalue weighted by Gasteiger charge is 2.26. The minimum absolute atomic E-state index is 0.279. The van der Waals surface area contributed by atoms with Crippen molar-refractivity contribution in [2.75, 3.05) is 11.9 Å². The highest BCUT2D eigenvalue weighted by atomic mass is 16.3.